The third-order valence-corrected chi connectivity index (χ3v) is 4.14. The molecule has 0 unspecified atom stereocenters. The summed E-state index contributed by atoms with van der Waals surface area (Å²) < 4.78 is 15.3. The van der Waals surface area contributed by atoms with Crippen molar-refractivity contribution in [2.45, 2.75) is 6.54 Å². The Hall–Kier alpha value is -3.70. The summed E-state index contributed by atoms with van der Waals surface area (Å²) in [7, 11) is 1.22. The number of ether oxygens (including phenoxy) is 2. The van der Waals surface area contributed by atoms with Crippen LogP contribution in [0.5, 0.6) is 5.75 Å². The molecule has 0 atom stereocenters. The number of carbonyl (C=O) groups is 3. The van der Waals surface area contributed by atoms with Gasteiger partial charge in [0, 0.05) is 10.6 Å². The average molecular weight is 415 g/mol. The van der Waals surface area contributed by atoms with Crippen LogP contribution in [0.1, 0.15) is 21.9 Å². The first-order valence-corrected chi connectivity index (χ1v) is 8.68. The number of benzene rings is 1. The summed E-state index contributed by atoms with van der Waals surface area (Å²) in [6.45, 7) is -0.125. The Morgan fingerprint density at radius 2 is 2.14 bits per heavy atom. The van der Waals surface area contributed by atoms with Crippen LogP contribution in [0.15, 0.2) is 40.4 Å². The van der Waals surface area contributed by atoms with E-state index in [2.05, 4.69) is 16.0 Å². The number of rotatable bonds is 6. The van der Waals surface area contributed by atoms with Gasteiger partial charge in [-0.05, 0) is 36.4 Å². The molecule has 2 heterocycles. The second-order valence-corrected chi connectivity index (χ2v) is 6.25. The maximum Gasteiger partial charge on any atom is 0.373 e. The molecule has 1 saturated heterocycles. The molecule has 1 aromatic heterocycles. The van der Waals surface area contributed by atoms with Crippen molar-refractivity contribution in [1.29, 1.82) is 0 Å². The lowest BCUT2D eigenvalue weighted by molar-refractivity contribution is -0.123. The van der Waals surface area contributed by atoms with Crippen LogP contribution in [0.25, 0.3) is 6.08 Å². The molecule has 3 amide bonds. The van der Waals surface area contributed by atoms with Crippen molar-refractivity contribution >= 4 is 35.6 Å². The zero-order valence-electron chi connectivity index (χ0n) is 15.2. The number of furan rings is 1. The van der Waals surface area contributed by atoms with Crippen LogP contribution < -0.4 is 10.1 Å². The quantitative estimate of drug-likeness (QED) is 0.338. The van der Waals surface area contributed by atoms with Crippen LogP contribution in [-0.2, 0) is 16.1 Å². The molecule has 9 heteroatoms. The number of halogens is 1. The van der Waals surface area contributed by atoms with Crippen molar-refractivity contribution in [1.82, 2.24) is 10.2 Å². The molecule has 0 bridgehead atoms. The molecule has 0 aliphatic carbocycles. The van der Waals surface area contributed by atoms with Gasteiger partial charge in [-0.2, -0.15) is 0 Å². The number of terminal acetylenes is 1. The van der Waals surface area contributed by atoms with E-state index in [0.29, 0.717) is 16.3 Å². The van der Waals surface area contributed by atoms with Gasteiger partial charge in [0.25, 0.3) is 5.91 Å². The summed E-state index contributed by atoms with van der Waals surface area (Å²) in [4.78, 5) is 37.3. The number of nitrogens with one attached hydrogen (secondary N) is 1. The molecular weight excluding hydrogens is 400 g/mol. The number of urea groups is 1. The second kappa shape index (κ2) is 8.54. The van der Waals surface area contributed by atoms with Gasteiger partial charge < -0.3 is 19.2 Å². The number of carbonyl (C=O) groups excluding carboxylic acids is 3. The number of nitrogens with zero attached hydrogens (tertiary/aromatic N) is 1. The fourth-order valence-corrected chi connectivity index (χ4v) is 2.76. The van der Waals surface area contributed by atoms with Crippen LogP contribution in [0.2, 0.25) is 5.02 Å². The fourth-order valence-electron chi connectivity index (χ4n) is 2.58. The monoisotopic (exact) mass is 414 g/mol. The summed E-state index contributed by atoms with van der Waals surface area (Å²) in [5.41, 5.74) is 0.506. The molecule has 1 aliphatic rings. The predicted octanol–water partition coefficient (Wildman–Crippen LogP) is 2.82. The maximum atomic E-state index is 12.7. The summed E-state index contributed by atoms with van der Waals surface area (Å²) in [5.74, 6) is 1.75. The van der Waals surface area contributed by atoms with Gasteiger partial charge in [0.15, 0.2) is 0 Å². The van der Waals surface area contributed by atoms with Crippen LogP contribution in [0.4, 0.5) is 4.79 Å². The molecule has 148 valence electrons. The summed E-state index contributed by atoms with van der Waals surface area (Å²) in [6, 6.07) is 7.06. The highest BCUT2D eigenvalue weighted by molar-refractivity contribution is 6.30. The Bertz CT molecular complexity index is 1050. The summed E-state index contributed by atoms with van der Waals surface area (Å²) in [5, 5.41) is 2.91. The molecule has 0 radical (unpaired) electrons. The van der Waals surface area contributed by atoms with Gasteiger partial charge in [-0.1, -0.05) is 17.5 Å². The topological polar surface area (TPSA) is 98.1 Å². The van der Waals surface area contributed by atoms with Gasteiger partial charge in [-0.15, -0.1) is 6.42 Å². The number of hydrogen-bond acceptors (Lipinski definition) is 6. The second-order valence-electron chi connectivity index (χ2n) is 5.81. The van der Waals surface area contributed by atoms with E-state index >= 15 is 0 Å². The molecule has 2 aromatic rings. The zero-order valence-corrected chi connectivity index (χ0v) is 16.0. The van der Waals surface area contributed by atoms with E-state index in [0.717, 1.165) is 4.90 Å². The Morgan fingerprint density at radius 3 is 2.86 bits per heavy atom. The highest BCUT2D eigenvalue weighted by atomic mass is 35.5. The molecule has 29 heavy (non-hydrogen) atoms. The molecule has 0 spiro atoms. The van der Waals surface area contributed by atoms with Gasteiger partial charge in [-0.25, -0.2) is 9.59 Å². The molecule has 1 aromatic carbocycles. The highest BCUT2D eigenvalue weighted by Crippen LogP contribution is 2.27. The normalized spacial score (nSPS) is 14.7. The Kier molecular flexibility index (Phi) is 5.90. The SMILES string of the molecule is C#CCOc1ccc(Cl)cc1C=C1NC(=O)N(Cc2ccc(C(=O)OC)o2)C1=O. The van der Waals surface area contributed by atoms with Crippen LogP contribution >= 0.6 is 11.6 Å². The largest absolute Gasteiger partial charge is 0.480 e. The van der Waals surface area contributed by atoms with E-state index < -0.39 is 17.9 Å². The van der Waals surface area contributed by atoms with Gasteiger partial charge in [-0.3, -0.25) is 9.69 Å². The fraction of sp³-hybridized carbons (Fsp3) is 0.150. The van der Waals surface area contributed by atoms with Crippen molar-refractivity contribution in [2.24, 2.45) is 0 Å². The average Bonchev–Trinajstić information content (AvgIpc) is 3.27. The standard InChI is InChI=1S/C20H15ClN2O6/c1-3-8-28-16-6-4-13(21)9-12(16)10-15-18(24)23(20(26)22-15)11-14-5-7-17(29-14)19(25)27-2/h1,4-7,9-10H,8,11H2,2H3,(H,22,26). The smallest absolute Gasteiger partial charge is 0.373 e. The third kappa shape index (κ3) is 4.42. The minimum Gasteiger partial charge on any atom is -0.480 e. The van der Waals surface area contributed by atoms with Crippen molar-refractivity contribution in [2.75, 3.05) is 13.7 Å². The third-order valence-electron chi connectivity index (χ3n) is 3.91. The molecule has 1 fully saturated rings. The molecular formula is C20H15ClN2O6. The molecule has 3 rings (SSSR count). The lowest BCUT2D eigenvalue weighted by Gasteiger charge is -2.09. The van der Waals surface area contributed by atoms with Gasteiger partial charge >= 0.3 is 12.0 Å². The minimum atomic E-state index is -0.658. The molecule has 1 N–H and O–H groups in total. The van der Waals surface area contributed by atoms with E-state index in [9.17, 15) is 14.4 Å². The molecule has 0 saturated carbocycles. The Morgan fingerprint density at radius 1 is 1.34 bits per heavy atom. The van der Waals surface area contributed by atoms with Gasteiger partial charge in [0.1, 0.15) is 23.8 Å². The van der Waals surface area contributed by atoms with Crippen molar-refractivity contribution in [3.63, 3.8) is 0 Å². The van der Waals surface area contributed by atoms with E-state index in [1.54, 1.807) is 18.2 Å². The molecule has 1 aliphatic heterocycles. The lowest BCUT2D eigenvalue weighted by Crippen LogP contribution is -2.30. The van der Waals surface area contributed by atoms with E-state index in [1.807, 2.05) is 0 Å². The van der Waals surface area contributed by atoms with Crippen molar-refractivity contribution < 1.29 is 28.3 Å². The van der Waals surface area contributed by atoms with Gasteiger partial charge in [0.05, 0.1) is 13.7 Å². The predicted molar refractivity (Wildman–Crippen MR) is 103 cm³/mol. The van der Waals surface area contributed by atoms with Crippen molar-refractivity contribution in [3.8, 4) is 18.1 Å². The summed E-state index contributed by atoms with van der Waals surface area (Å²) in [6.07, 6.45) is 6.65. The van der Waals surface area contributed by atoms with E-state index in [-0.39, 0.29) is 30.4 Å². The number of methoxy groups -OCH3 is 1. The number of imide groups is 1. The van der Waals surface area contributed by atoms with Crippen LogP contribution in [0.3, 0.4) is 0 Å². The first-order chi connectivity index (χ1) is 13.9. The highest BCUT2D eigenvalue weighted by Gasteiger charge is 2.34. The number of amides is 3. The minimum absolute atomic E-state index is 0.0282. The maximum absolute atomic E-state index is 12.7. The first-order valence-electron chi connectivity index (χ1n) is 8.30. The van der Waals surface area contributed by atoms with Crippen LogP contribution in [0, 0.1) is 12.3 Å². The zero-order chi connectivity index (χ0) is 21.0. The Balaban J connectivity index is 1.82. The van der Waals surface area contributed by atoms with E-state index in [4.69, 9.17) is 27.2 Å². The van der Waals surface area contributed by atoms with Crippen LogP contribution in [-0.4, -0.2) is 36.5 Å². The van der Waals surface area contributed by atoms with Gasteiger partial charge in [0.2, 0.25) is 5.76 Å². The lowest BCUT2D eigenvalue weighted by atomic mass is 10.1. The summed E-state index contributed by atoms with van der Waals surface area (Å²) >= 11 is 6.02. The number of hydrogen-bond donors (Lipinski definition) is 1. The first kappa shape index (κ1) is 20.0. The Labute approximate surface area is 171 Å². The molecule has 8 nitrogen and oxygen atoms in total. The number of esters is 1. The van der Waals surface area contributed by atoms with Crippen molar-refractivity contribution in [3.05, 3.63) is 58.1 Å². The van der Waals surface area contributed by atoms with E-state index in [1.165, 1.54) is 25.3 Å².